The van der Waals surface area contributed by atoms with Crippen molar-refractivity contribution in [1.82, 2.24) is 19.9 Å². The summed E-state index contributed by atoms with van der Waals surface area (Å²) in [4.78, 5) is 15.4. The fourth-order valence-electron chi connectivity index (χ4n) is 1.52. The third-order valence-corrected chi connectivity index (χ3v) is 3.60. The Morgan fingerprint density at radius 3 is 3.11 bits per heavy atom. The van der Waals surface area contributed by atoms with E-state index in [-0.39, 0.29) is 0 Å². The third kappa shape index (κ3) is 2.97. The monoisotopic (exact) mass is 262 g/mol. The number of hydrogen-bond acceptors (Lipinski definition) is 6. The van der Waals surface area contributed by atoms with Crippen molar-refractivity contribution in [1.29, 1.82) is 5.26 Å². The van der Waals surface area contributed by atoms with Crippen molar-refractivity contribution in [3.8, 4) is 6.07 Å². The number of H-pyrrole nitrogens is 1. The molecule has 1 unspecified atom stereocenters. The second kappa shape index (κ2) is 5.33. The standard InChI is InChI=1S/C11H14N6S/c1-11(13,5-12)3-2-4-18-10-8-9(15-6-14-8)16-7-17-10/h6-7H,2-4,13H2,1H3,(H,14,15,16,17). The van der Waals surface area contributed by atoms with Crippen molar-refractivity contribution >= 4 is 22.9 Å². The number of aromatic nitrogens is 4. The number of rotatable bonds is 5. The molecule has 2 aromatic heterocycles. The second-order valence-corrected chi connectivity index (χ2v) is 5.34. The van der Waals surface area contributed by atoms with Crippen molar-refractivity contribution in [2.75, 3.05) is 5.75 Å². The smallest absolute Gasteiger partial charge is 0.181 e. The first kappa shape index (κ1) is 12.8. The minimum absolute atomic E-state index is 0.674. The Bertz CT molecular complexity index is 570. The van der Waals surface area contributed by atoms with E-state index in [9.17, 15) is 0 Å². The number of nitrogens with two attached hydrogens (primary N) is 1. The van der Waals surface area contributed by atoms with Gasteiger partial charge in [0.1, 0.15) is 22.4 Å². The molecule has 2 rings (SSSR count). The molecule has 0 spiro atoms. The van der Waals surface area contributed by atoms with Crippen LogP contribution in [0.2, 0.25) is 0 Å². The van der Waals surface area contributed by atoms with Gasteiger partial charge in [-0.05, 0) is 25.5 Å². The van der Waals surface area contributed by atoms with Gasteiger partial charge in [-0.3, -0.25) is 0 Å². The molecule has 0 saturated heterocycles. The zero-order valence-corrected chi connectivity index (χ0v) is 10.9. The molecular formula is C11H14N6S. The third-order valence-electron chi connectivity index (χ3n) is 2.52. The molecule has 7 heteroatoms. The van der Waals surface area contributed by atoms with Gasteiger partial charge < -0.3 is 10.7 Å². The molecule has 0 fully saturated rings. The lowest BCUT2D eigenvalue weighted by atomic mass is 10.0. The van der Waals surface area contributed by atoms with Crippen molar-refractivity contribution in [3.63, 3.8) is 0 Å². The van der Waals surface area contributed by atoms with Crippen LogP contribution in [0.15, 0.2) is 17.7 Å². The number of thioether (sulfide) groups is 1. The van der Waals surface area contributed by atoms with Crippen molar-refractivity contribution in [3.05, 3.63) is 12.7 Å². The summed E-state index contributed by atoms with van der Waals surface area (Å²) in [5.41, 5.74) is 6.55. The summed E-state index contributed by atoms with van der Waals surface area (Å²) in [5, 5.41) is 9.69. The molecule has 0 aromatic carbocycles. The molecule has 0 amide bonds. The highest BCUT2D eigenvalue weighted by Crippen LogP contribution is 2.23. The lowest BCUT2D eigenvalue weighted by Gasteiger charge is -2.14. The van der Waals surface area contributed by atoms with E-state index >= 15 is 0 Å². The van der Waals surface area contributed by atoms with Crippen molar-refractivity contribution in [2.45, 2.75) is 30.3 Å². The largest absolute Gasteiger partial charge is 0.341 e. The Balaban J connectivity index is 1.91. The van der Waals surface area contributed by atoms with E-state index in [1.807, 2.05) is 0 Å². The molecule has 0 aliphatic heterocycles. The first-order valence-corrected chi connectivity index (χ1v) is 6.58. The summed E-state index contributed by atoms with van der Waals surface area (Å²) in [6, 6.07) is 2.09. The van der Waals surface area contributed by atoms with Gasteiger partial charge in [-0.25, -0.2) is 15.0 Å². The Morgan fingerprint density at radius 2 is 2.33 bits per heavy atom. The molecule has 94 valence electrons. The highest BCUT2D eigenvalue weighted by molar-refractivity contribution is 7.99. The molecular weight excluding hydrogens is 248 g/mol. The van der Waals surface area contributed by atoms with Gasteiger partial charge >= 0.3 is 0 Å². The lowest BCUT2D eigenvalue weighted by Crippen LogP contribution is -2.33. The first-order chi connectivity index (χ1) is 8.62. The Labute approximate surface area is 109 Å². The Kier molecular flexibility index (Phi) is 3.79. The molecule has 6 nitrogen and oxygen atoms in total. The molecule has 2 aromatic rings. The predicted octanol–water partition coefficient (Wildman–Crippen LogP) is 1.47. The minimum Gasteiger partial charge on any atom is -0.341 e. The van der Waals surface area contributed by atoms with Crippen LogP contribution in [0, 0.1) is 11.3 Å². The summed E-state index contributed by atoms with van der Waals surface area (Å²) in [7, 11) is 0. The predicted molar refractivity (Wildman–Crippen MR) is 69.8 cm³/mol. The van der Waals surface area contributed by atoms with Crippen LogP contribution >= 0.6 is 11.8 Å². The maximum atomic E-state index is 8.81. The molecule has 0 bridgehead atoms. The zero-order valence-electron chi connectivity index (χ0n) is 10.1. The van der Waals surface area contributed by atoms with Gasteiger partial charge in [0.15, 0.2) is 5.65 Å². The molecule has 0 radical (unpaired) electrons. The van der Waals surface area contributed by atoms with Crippen LogP contribution in [-0.2, 0) is 0 Å². The Morgan fingerprint density at radius 1 is 1.50 bits per heavy atom. The highest BCUT2D eigenvalue weighted by Gasteiger charge is 2.16. The number of nitriles is 1. The molecule has 0 aliphatic rings. The molecule has 2 heterocycles. The van der Waals surface area contributed by atoms with E-state index in [1.54, 1.807) is 25.0 Å². The lowest BCUT2D eigenvalue weighted by molar-refractivity contribution is 0.540. The number of nitrogens with zero attached hydrogens (tertiary/aromatic N) is 4. The van der Waals surface area contributed by atoms with Gasteiger partial charge in [-0.1, -0.05) is 0 Å². The van der Waals surface area contributed by atoms with Crippen LogP contribution in [-0.4, -0.2) is 31.2 Å². The van der Waals surface area contributed by atoms with Crippen LogP contribution in [0.1, 0.15) is 19.8 Å². The van der Waals surface area contributed by atoms with E-state index in [1.165, 1.54) is 6.33 Å². The zero-order chi connectivity index (χ0) is 13.0. The van der Waals surface area contributed by atoms with E-state index in [0.29, 0.717) is 12.1 Å². The van der Waals surface area contributed by atoms with Crippen LogP contribution in [0.4, 0.5) is 0 Å². The SMILES string of the molecule is CC(N)(C#N)CCCSc1ncnc2nc[nH]c12. The summed E-state index contributed by atoms with van der Waals surface area (Å²) >= 11 is 1.62. The summed E-state index contributed by atoms with van der Waals surface area (Å²) in [5.74, 6) is 0.861. The molecule has 0 aliphatic carbocycles. The van der Waals surface area contributed by atoms with Crippen LogP contribution in [0.3, 0.4) is 0 Å². The maximum Gasteiger partial charge on any atom is 0.181 e. The molecule has 3 N–H and O–H groups in total. The summed E-state index contributed by atoms with van der Waals surface area (Å²) in [6.07, 6.45) is 4.66. The van der Waals surface area contributed by atoms with E-state index in [4.69, 9.17) is 11.0 Å². The van der Waals surface area contributed by atoms with E-state index in [2.05, 4.69) is 26.0 Å². The van der Waals surface area contributed by atoms with E-state index in [0.717, 1.165) is 22.7 Å². The minimum atomic E-state index is -0.741. The maximum absolute atomic E-state index is 8.81. The number of fused-ring (bicyclic) bond motifs is 1. The van der Waals surface area contributed by atoms with Gasteiger partial charge in [-0.2, -0.15) is 5.26 Å². The highest BCUT2D eigenvalue weighted by atomic mass is 32.2. The van der Waals surface area contributed by atoms with Gasteiger partial charge in [0.2, 0.25) is 0 Å². The first-order valence-electron chi connectivity index (χ1n) is 5.59. The summed E-state index contributed by atoms with van der Waals surface area (Å²) in [6.45, 7) is 1.75. The Hall–Kier alpha value is -1.65. The van der Waals surface area contributed by atoms with Gasteiger partial charge in [-0.15, -0.1) is 11.8 Å². The average Bonchev–Trinajstić information content (AvgIpc) is 2.83. The topological polar surface area (TPSA) is 104 Å². The average molecular weight is 262 g/mol. The van der Waals surface area contributed by atoms with E-state index < -0.39 is 5.54 Å². The van der Waals surface area contributed by atoms with Crippen LogP contribution in [0.25, 0.3) is 11.2 Å². The number of hydrogen-bond donors (Lipinski definition) is 2. The quantitative estimate of drug-likeness (QED) is 0.480. The fourth-order valence-corrected chi connectivity index (χ4v) is 2.41. The number of imidazole rings is 1. The van der Waals surface area contributed by atoms with Gasteiger partial charge in [0.05, 0.1) is 12.4 Å². The molecule has 0 saturated carbocycles. The van der Waals surface area contributed by atoms with Gasteiger partial charge in [0, 0.05) is 0 Å². The van der Waals surface area contributed by atoms with Crippen molar-refractivity contribution < 1.29 is 0 Å². The molecule has 1 atom stereocenters. The van der Waals surface area contributed by atoms with Crippen LogP contribution < -0.4 is 5.73 Å². The van der Waals surface area contributed by atoms with Crippen molar-refractivity contribution in [2.24, 2.45) is 5.73 Å². The second-order valence-electron chi connectivity index (χ2n) is 4.26. The normalized spacial score (nSPS) is 14.3. The molecule has 18 heavy (non-hydrogen) atoms. The van der Waals surface area contributed by atoms with Gasteiger partial charge in [0.25, 0.3) is 0 Å². The fraction of sp³-hybridized carbons (Fsp3) is 0.455. The number of nitrogens with one attached hydrogen (secondary N) is 1. The van der Waals surface area contributed by atoms with Crippen LogP contribution in [0.5, 0.6) is 0 Å². The number of aromatic amines is 1. The summed E-state index contributed by atoms with van der Waals surface area (Å²) < 4.78 is 0.